The van der Waals surface area contributed by atoms with Crippen LogP contribution in [0.25, 0.3) is 11.0 Å². The van der Waals surface area contributed by atoms with Gasteiger partial charge in [-0.1, -0.05) is 6.92 Å². The minimum atomic E-state index is 0.0355. The predicted molar refractivity (Wildman–Crippen MR) is 63.4 cm³/mol. The number of aryl methyl sites for hydroxylation is 1. The number of aliphatic hydroxyl groups excluding tert-OH is 1. The van der Waals surface area contributed by atoms with Crippen LogP contribution < -0.4 is 5.32 Å². The fraction of sp³-hybridized carbons (Fsp3) is 0.455. The molecule has 2 aromatic heterocycles. The van der Waals surface area contributed by atoms with Gasteiger partial charge in [0, 0.05) is 5.69 Å². The summed E-state index contributed by atoms with van der Waals surface area (Å²) in [7, 11) is 0. The third-order valence-corrected chi connectivity index (χ3v) is 2.61. The Morgan fingerprint density at radius 3 is 3.00 bits per heavy atom. The quantitative estimate of drug-likeness (QED) is 0.729. The average Bonchev–Trinajstić information content (AvgIpc) is 2.67. The Balaban J connectivity index is 2.36. The van der Waals surface area contributed by atoms with Gasteiger partial charge >= 0.3 is 0 Å². The molecule has 2 heterocycles. The lowest BCUT2D eigenvalue weighted by Gasteiger charge is -2.14. The smallest absolute Gasteiger partial charge is 0.143 e. The van der Waals surface area contributed by atoms with Crippen LogP contribution in [0, 0.1) is 6.92 Å². The molecule has 0 bridgehead atoms. The summed E-state index contributed by atoms with van der Waals surface area (Å²) in [6.07, 6.45) is 2.37. The summed E-state index contributed by atoms with van der Waals surface area (Å²) in [5, 5.41) is 13.3. The van der Waals surface area contributed by atoms with Crippen molar-refractivity contribution in [2.75, 3.05) is 11.9 Å². The molecule has 5 heteroatoms. The molecule has 2 rings (SSSR count). The minimum absolute atomic E-state index is 0.0355. The molecule has 3 N–H and O–H groups in total. The van der Waals surface area contributed by atoms with Gasteiger partial charge in [0.05, 0.1) is 18.0 Å². The first-order valence-electron chi connectivity index (χ1n) is 5.42. The molecule has 1 atom stereocenters. The van der Waals surface area contributed by atoms with Gasteiger partial charge < -0.3 is 15.4 Å². The molecule has 2 aromatic rings. The number of nitrogens with one attached hydrogen (secondary N) is 2. The first kappa shape index (κ1) is 10.9. The normalized spacial score (nSPS) is 12.9. The molecular formula is C11H16N4O. The first-order chi connectivity index (χ1) is 7.74. The molecule has 1 unspecified atom stereocenters. The van der Waals surface area contributed by atoms with Crippen molar-refractivity contribution >= 4 is 16.9 Å². The summed E-state index contributed by atoms with van der Waals surface area (Å²) in [6, 6.07) is 2.04. The highest BCUT2D eigenvalue weighted by Crippen LogP contribution is 2.20. The van der Waals surface area contributed by atoms with E-state index in [4.69, 9.17) is 5.11 Å². The number of H-pyrrole nitrogens is 1. The van der Waals surface area contributed by atoms with Gasteiger partial charge in [-0.15, -0.1) is 0 Å². The van der Waals surface area contributed by atoms with Crippen molar-refractivity contribution in [1.29, 1.82) is 0 Å². The Hall–Kier alpha value is -1.62. The number of aliphatic hydroxyl groups is 1. The predicted octanol–water partition coefficient (Wildman–Crippen LogP) is 1.45. The van der Waals surface area contributed by atoms with Crippen LogP contribution in [0.2, 0.25) is 0 Å². The van der Waals surface area contributed by atoms with E-state index < -0.39 is 0 Å². The second-order valence-electron chi connectivity index (χ2n) is 3.87. The van der Waals surface area contributed by atoms with Crippen LogP contribution in [0.4, 0.5) is 5.82 Å². The molecule has 0 aliphatic heterocycles. The van der Waals surface area contributed by atoms with Crippen molar-refractivity contribution in [3.8, 4) is 0 Å². The summed E-state index contributed by atoms with van der Waals surface area (Å²) in [4.78, 5) is 11.5. The molecule has 0 aromatic carbocycles. The Labute approximate surface area is 93.9 Å². The standard InChI is InChI=1S/C11H16N4O/c1-3-8(5-16)15-11-9-4-7(2)14-10(9)12-6-13-11/h4,6,8,16H,3,5H2,1-2H3,(H2,12,13,14,15). The van der Waals surface area contributed by atoms with Gasteiger partial charge in [0.2, 0.25) is 0 Å². The van der Waals surface area contributed by atoms with E-state index in [0.717, 1.165) is 29.0 Å². The van der Waals surface area contributed by atoms with Crippen LogP contribution in [-0.4, -0.2) is 32.7 Å². The zero-order chi connectivity index (χ0) is 11.5. The molecule has 0 radical (unpaired) electrons. The molecule has 5 nitrogen and oxygen atoms in total. The number of rotatable bonds is 4. The van der Waals surface area contributed by atoms with E-state index in [1.54, 1.807) is 0 Å². The van der Waals surface area contributed by atoms with E-state index >= 15 is 0 Å². The molecule has 0 aliphatic rings. The maximum absolute atomic E-state index is 9.15. The number of fused-ring (bicyclic) bond motifs is 1. The highest BCUT2D eigenvalue weighted by Gasteiger charge is 2.10. The molecule has 0 amide bonds. The third kappa shape index (κ3) is 1.99. The van der Waals surface area contributed by atoms with E-state index in [1.165, 1.54) is 6.33 Å². The van der Waals surface area contributed by atoms with Gasteiger partial charge in [-0.05, 0) is 19.4 Å². The zero-order valence-electron chi connectivity index (χ0n) is 9.49. The first-order valence-corrected chi connectivity index (χ1v) is 5.42. The van der Waals surface area contributed by atoms with Crippen LogP contribution >= 0.6 is 0 Å². The van der Waals surface area contributed by atoms with Gasteiger partial charge in [0.25, 0.3) is 0 Å². The van der Waals surface area contributed by atoms with Crippen LogP contribution in [0.3, 0.4) is 0 Å². The summed E-state index contributed by atoms with van der Waals surface area (Å²) < 4.78 is 0. The summed E-state index contributed by atoms with van der Waals surface area (Å²) in [5.74, 6) is 0.773. The number of hydrogen-bond donors (Lipinski definition) is 3. The van der Waals surface area contributed by atoms with Crippen LogP contribution in [0.1, 0.15) is 19.0 Å². The van der Waals surface area contributed by atoms with E-state index in [2.05, 4.69) is 20.3 Å². The maximum Gasteiger partial charge on any atom is 0.143 e. The van der Waals surface area contributed by atoms with Crippen LogP contribution in [0.5, 0.6) is 0 Å². The van der Waals surface area contributed by atoms with Crippen molar-refractivity contribution in [1.82, 2.24) is 15.0 Å². The lowest BCUT2D eigenvalue weighted by atomic mass is 10.2. The van der Waals surface area contributed by atoms with Gasteiger partial charge in [-0.2, -0.15) is 0 Å². The largest absolute Gasteiger partial charge is 0.394 e. The molecule has 0 aliphatic carbocycles. The SMILES string of the molecule is CCC(CO)Nc1ncnc2[nH]c(C)cc12. The Morgan fingerprint density at radius 2 is 2.31 bits per heavy atom. The fourth-order valence-corrected chi connectivity index (χ4v) is 1.66. The monoisotopic (exact) mass is 220 g/mol. The second-order valence-corrected chi connectivity index (χ2v) is 3.87. The lowest BCUT2D eigenvalue weighted by molar-refractivity contribution is 0.271. The van der Waals surface area contributed by atoms with E-state index in [-0.39, 0.29) is 12.6 Å². The van der Waals surface area contributed by atoms with Crippen molar-refractivity contribution in [3.63, 3.8) is 0 Å². The van der Waals surface area contributed by atoms with E-state index in [0.29, 0.717) is 0 Å². The Bertz CT molecular complexity index is 476. The second kappa shape index (κ2) is 4.49. The van der Waals surface area contributed by atoms with Crippen LogP contribution in [0.15, 0.2) is 12.4 Å². The summed E-state index contributed by atoms with van der Waals surface area (Å²) in [6.45, 7) is 4.11. The van der Waals surface area contributed by atoms with Gasteiger partial charge in [0.15, 0.2) is 0 Å². The number of hydrogen-bond acceptors (Lipinski definition) is 4. The van der Waals surface area contributed by atoms with Crippen molar-refractivity contribution < 1.29 is 5.11 Å². The van der Waals surface area contributed by atoms with Crippen LogP contribution in [-0.2, 0) is 0 Å². The topological polar surface area (TPSA) is 73.8 Å². The van der Waals surface area contributed by atoms with Gasteiger partial charge in [-0.25, -0.2) is 9.97 Å². The number of aromatic amines is 1. The highest BCUT2D eigenvalue weighted by atomic mass is 16.3. The summed E-state index contributed by atoms with van der Waals surface area (Å²) in [5.41, 5.74) is 1.87. The fourth-order valence-electron chi connectivity index (χ4n) is 1.66. The van der Waals surface area contributed by atoms with Crippen molar-refractivity contribution in [2.24, 2.45) is 0 Å². The number of anilines is 1. The average molecular weight is 220 g/mol. The van der Waals surface area contributed by atoms with E-state index in [9.17, 15) is 0 Å². The number of aromatic nitrogens is 3. The summed E-state index contributed by atoms with van der Waals surface area (Å²) >= 11 is 0. The number of nitrogens with zero attached hydrogens (tertiary/aromatic N) is 2. The molecular weight excluding hydrogens is 204 g/mol. The molecule has 0 saturated carbocycles. The van der Waals surface area contributed by atoms with Crippen molar-refractivity contribution in [2.45, 2.75) is 26.3 Å². The Kier molecular flexibility index (Phi) is 3.05. The zero-order valence-corrected chi connectivity index (χ0v) is 9.49. The molecule has 0 saturated heterocycles. The lowest BCUT2D eigenvalue weighted by Crippen LogP contribution is -2.23. The highest BCUT2D eigenvalue weighted by molar-refractivity contribution is 5.87. The van der Waals surface area contributed by atoms with E-state index in [1.807, 2.05) is 19.9 Å². The van der Waals surface area contributed by atoms with Gasteiger partial charge in [-0.3, -0.25) is 0 Å². The molecule has 16 heavy (non-hydrogen) atoms. The molecule has 0 fully saturated rings. The molecule has 0 spiro atoms. The Morgan fingerprint density at radius 1 is 1.50 bits per heavy atom. The minimum Gasteiger partial charge on any atom is -0.394 e. The third-order valence-electron chi connectivity index (χ3n) is 2.61. The molecule has 86 valence electrons. The van der Waals surface area contributed by atoms with Crippen molar-refractivity contribution in [3.05, 3.63) is 18.1 Å². The van der Waals surface area contributed by atoms with Gasteiger partial charge in [0.1, 0.15) is 17.8 Å². The maximum atomic E-state index is 9.15.